The third-order valence-electron chi connectivity index (χ3n) is 5.02. The van der Waals surface area contributed by atoms with Crippen LogP contribution in [0.3, 0.4) is 0 Å². The lowest BCUT2D eigenvalue weighted by atomic mass is 10.00. The molecule has 0 aliphatic heterocycles. The molecule has 0 saturated carbocycles. The van der Waals surface area contributed by atoms with Crippen LogP contribution in [0.25, 0.3) is 10.8 Å². The van der Waals surface area contributed by atoms with Crippen LogP contribution in [0, 0.1) is 19.8 Å². The molecule has 0 aromatic heterocycles. The lowest BCUT2D eigenvalue weighted by Gasteiger charge is -2.21. The summed E-state index contributed by atoms with van der Waals surface area (Å²) in [5.74, 6) is -0.0645. The second-order valence-electron chi connectivity index (χ2n) is 7.71. The molecule has 0 atom stereocenters. The van der Waals surface area contributed by atoms with E-state index in [1.165, 1.54) is 14.2 Å². The van der Waals surface area contributed by atoms with Gasteiger partial charge in [0.1, 0.15) is 0 Å². The Hall–Kier alpha value is -2.76. The molecule has 6 heteroatoms. The fourth-order valence-electron chi connectivity index (χ4n) is 3.12. The summed E-state index contributed by atoms with van der Waals surface area (Å²) in [5, 5.41) is 1.26. The van der Waals surface area contributed by atoms with Crippen LogP contribution in [-0.2, 0) is 9.59 Å². The third-order valence-corrected chi connectivity index (χ3v) is 5.02. The van der Waals surface area contributed by atoms with Crippen molar-refractivity contribution in [1.29, 1.82) is 0 Å². The van der Waals surface area contributed by atoms with E-state index in [1.54, 1.807) is 13.8 Å². The first-order chi connectivity index (χ1) is 14.2. The van der Waals surface area contributed by atoms with Crippen molar-refractivity contribution in [3.05, 3.63) is 23.3 Å². The quantitative estimate of drug-likeness (QED) is 0.304. The van der Waals surface area contributed by atoms with E-state index in [2.05, 4.69) is 6.92 Å². The first-order valence-corrected chi connectivity index (χ1v) is 10.4. The average molecular weight is 417 g/mol. The first kappa shape index (κ1) is 23.5. The summed E-state index contributed by atoms with van der Waals surface area (Å²) >= 11 is 0. The van der Waals surface area contributed by atoms with Crippen LogP contribution in [0.5, 0.6) is 23.0 Å². The minimum absolute atomic E-state index is 0.221. The van der Waals surface area contributed by atoms with Gasteiger partial charge in [-0.1, -0.05) is 33.6 Å². The van der Waals surface area contributed by atoms with Gasteiger partial charge in [-0.05, 0) is 43.5 Å². The number of hydrogen-bond acceptors (Lipinski definition) is 6. The predicted octanol–water partition coefficient (Wildman–Crippen LogP) is 5.52. The van der Waals surface area contributed by atoms with Crippen LogP contribution in [0.1, 0.15) is 57.6 Å². The Morgan fingerprint density at radius 2 is 1.33 bits per heavy atom. The zero-order chi connectivity index (χ0) is 22.4. The largest absolute Gasteiger partial charge is 0.490 e. The number of hydrogen-bond donors (Lipinski definition) is 0. The van der Waals surface area contributed by atoms with Crippen LogP contribution in [0.2, 0.25) is 0 Å². The van der Waals surface area contributed by atoms with Crippen molar-refractivity contribution >= 4 is 22.7 Å². The van der Waals surface area contributed by atoms with Gasteiger partial charge in [0.2, 0.25) is 11.5 Å². The van der Waals surface area contributed by atoms with Crippen molar-refractivity contribution in [1.82, 2.24) is 0 Å². The van der Waals surface area contributed by atoms with Crippen molar-refractivity contribution in [2.24, 2.45) is 5.92 Å². The molecule has 0 aliphatic carbocycles. The molecule has 0 saturated heterocycles. The van der Waals surface area contributed by atoms with Gasteiger partial charge in [0.25, 0.3) is 0 Å². The van der Waals surface area contributed by atoms with Gasteiger partial charge < -0.3 is 18.9 Å². The Morgan fingerprint density at radius 3 is 1.77 bits per heavy atom. The Bertz CT molecular complexity index is 929. The number of ether oxygens (including phenoxy) is 4. The van der Waals surface area contributed by atoms with Gasteiger partial charge in [0.05, 0.1) is 20.1 Å². The maximum Gasteiger partial charge on any atom is 0.313 e. The lowest BCUT2D eigenvalue weighted by Crippen LogP contribution is -2.16. The number of aryl methyl sites for hydroxylation is 2. The Balaban J connectivity index is 2.72. The summed E-state index contributed by atoms with van der Waals surface area (Å²) in [6, 6.07) is 3.82. The molecule has 2 aromatic rings. The van der Waals surface area contributed by atoms with Gasteiger partial charge in [-0.2, -0.15) is 0 Å². The van der Waals surface area contributed by atoms with Crippen molar-refractivity contribution < 1.29 is 28.5 Å². The first-order valence-electron chi connectivity index (χ1n) is 10.4. The molecule has 2 rings (SSSR count). The number of methoxy groups -OCH3 is 2. The zero-order valence-electron chi connectivity index (χ0n) is 19.0. The Morgan fingerprint density at radius 1 is 0.833 bits per heavy atom. The molecule has 2 aromatic carbocycles. The second-order valence-corrected chi connectivity index (χ2v) is 7.71. The number of esters is 2. The summed E-state index contributed by atoms with van der Waals surface area (Å²) in [6.45, 7) is 9.54. The monoisotopic (exact) mass is 416 g/mol. The summed E-state index contributed by atoms with van der Waals surface area (Å²) in [7, 11) is 2.93. The number of unbranched alkanes of at least 4 members (excludes halogenated alkanes) is 2. The summed E-state index contributed by atoms with van der Waals surface area (Å²) in [5.41, 5.74) is 2.02. The molecule has 0 fully saturated rings. The van der Waals surface area contributed by atoms with E-state index in [0.29, 0.717) is 17.2 Å². The maximum absolute atomic E-state index is 12.5. The smallest absolute Gasteiger partial charge is 0.313 e. The van der Waals surface area contributed by atoms with Gasteiger partial charge in [0, 0.05) is 17.2 Å². The van der Waals surface area contributed by atoms with Crippen LogP contribution in [0.15, 0.2) is 12.1 Å². The van der Waals surface area contributed by atoms with Gasteiger partial charge in [0.15, 0.2) is 11.5 Å². The van der Waals surface area contributed by atoms with Gasteiger partial charge in [-0.15, -0.1) is 0 Å². The molecule has 30 heavy (non-hydrogen) atoms. The third kappa shape index (κ3) is 5.04. The van der Waals surface area contributed by atoms with Crippen molar-refractivity contribution in [2.45, 2.75) is 60.3 Å². The topological polar surface area (TPSA) is 71.1 Å². The minimum atomic E-state index is -0.390. The SMILES string of the molecule is CCCCCC(=O)Oc1c(OC)c(OC)c(OC(=O)C(C)C)c2cc(C)c(C)cc12. The number of carbonyl (C=O) groups excluding carboxylic acids is 2. The number of rotatable bonds is 9. The molecule has 0 radical (unpaired) electrons. The van der Waals surface area contributed by atoms with Gasteiger partial charge in [-0.25, -0.2) is 0 Å². The molecule has 164 valence electrons. The molecule has 0 unspecified atom stereocenters. The summed E-state index contributed by atoms with van der Waals surface area (Å²) in [6.07, 6.45) is 3.05. The molecule has 0 aliphatic rings. The molecule has 6 nitrogen and oxygen atoms in total. The van der Waals surface area contributed by atoms with Crippen molar-refractivity contribution in [3.8, 4) is 23.0 Å². The molecule has 0 amide bonds. The van der Waals surface area contributed by atoms with Gasteiger partial charge in [-0.3, -0.25) is 9.59 Å². The van der Waals surface area contributed by atoms with Crippen LogP contribution >= 0.6 is 0 Å². The number of fused-ring (bicyclic) bond motifs is 1. The molecule has 0 bridgehead atoms. The zero-order valence-corrected chi connectivity index (χ0v) is 19.0. The van der Waals surface area contributed by atoms with E-state index in [9.17, 15) is 9.59 Å². The highest BCUT2D eigenvalue weighted by Crippen LogP contribution is 2.51. The second kappa shape index (κ2) is 10.3. The van der Waals surface area contributed by atoms with Crippen LogP contribution in [-0.4, -0.2) is 26.2 Å². The number of benzene rings is 2. The standard InChI is InChI=1S/C24H32O6/c1-8-9-10-11-19(25)29-20-17-12-15(4)16(5)13-18(17)21(30-24(26)14(2)3)23(28-7)22(20)27-6/h12-14H,8-11H2,1-7H3. The van der Waals surface area contributed by atoms with E-state index >= 15 is 0 Å². The highest BCUT2D eigenvalue weighted by molar-refractivity contribution is 6.02. The average Bonchev–Trinajstić information content (AvgIpc) is 2.70. The number of carbonyl (C=O) groups is 2. The van der Waals surface area contributed by atoms with E-state index in [0.717, 1.165) is 30.4 Å². The maximum atomic E-state index is 12.5. The van der Waals surface area contributed by atoms with E-state index < -0.39 is 0 Å². The van der Waals surface area contributed by atoms with E-state index in [1.807, 2.05) is 26.0 Å². The molecule has 0 heterocycles. The molecular formula is C24H32O6. The van der Waals surface area contributed by atoms with Crippen molar-refractivity contribution in [3.63, 3.8) is 0 Å². The van der Waals surface area contributed by atoms with Crippen LogP contribution in [0.4, 0.5) is 0 Å². The lowest BCUT2D eigenvalue weighted by molar-refractivity contribution is -0.138. The molecule has 0 spiro atoms. The highest BCUT2D eigenvalue weighted by atomic mass is 16.6. The normalized spacial score (nSPS) is 10.9. The Labute approximate surface area is 178 Å². The molecular weight excluding hydrogens is 384 g/mol. The molecule has 0 N–H and O–H groups in total. The van der Waals surface area contributed by atoms with Gasteiger partial charge >= 0.3 is 11.9 Å². The Kier molecular flexibility index (Phi) is 8.09. The predicted molar refractivity (Wildman–Crippen MR) is 117 cm³/mol. The van der Waals surface area contributed by atoms with Crippen LogP contribution < -0.4 is 18.9 Å². The summed E-state index contributed by atoms with van der Waals surface area (Å²) in [4.78, 5) is 24.9. The fourth-order valence-corrected chi connectivity index (χ4v) is 3.12. The minimum Gasteiger partial charge on any atom is -0.490 e. The summed E-state index contributed by atoms with van der Waals surface area (Å²) < 4.78 is 22.6. The van der Waals surface area contributed by atoms with Crippen molar-refractivity contribution in [2.75, 3.05) is 14.2 Å². The van der Waals surface area contributed by atoms with E-state index in [-0.39, 0.29) is 40.9 Å². The highest BCUT2D eigenvalue weighted by Gasteiger charge is 2.27. The van der Waals surface area contributed by atoms with E-state index in [4.69, 9.17) is 18.9 Å². The fraction of sp³-hybridized carbons (Fsp3) is 0.500.